The third kappa shape index (κ3) is 4.05. The standard InChI is InChI=1S/C16H16N4O/c1-2-18-15-5-3-4-14(20-15)16(21)19-13-8-6-12(7-9-13)10-11-17/h3-9H,2,10H2,1H3,(H,18,20)(H,19,21). The maximum Gasteiger partial charge on any atom is 0.274 e. The Balaban J connectivity index is 2.07. The van der Waals surface area contributed by atoms with Gasteiger partial charge in [0.1, 0.15) is 11.5 Å². The zero-order valence-electron chi connectivity index (χ0n) is 11.8. The summed E-state index contributed by atoms with van der Waals surface area (Å²) < 4.78 is 0. The Morgan fingerprint density at radius 3 is 2.67 bits per heavy atom. The topological polar surface area (TPSA) is 77.8 Å². The van der Waals surface area contributed by atoms with Crippen LogP contribution in [0.3, 0.4) is 0 Å². The van der Waals surface area contributed by atoms with E-state index in [2.05, 4.69) is 21.7 Å². The summed E-state index contributed by atoms with van der Waals surface area (Å²) in [5, 5.41) is 14.5. The highest BCUT2D eigenvalue weighted by molar-refractivity contribution is 6.03. The van der Waals surface area contributed by atoms with Gasteiger partial charge in [-0.05, 0) is 36.8 Å². The lowest BCUT2D eigenvalue weighted by molar-refractivity contribution is 0.102. The Morgan fingerprint density at radius 1 is 1.24 bits per heavy atom. The van der Waals surface area contributed by atoms with E-state index in [9.17, 15) is 4.79 Å². The number of benzene rings is 1. The van der Waals surface area contributed by atoms with Crippen LogP contribution in [0.15, 0.2) is 42.5 Å². The van der Waals surface area contributed by atoms with Crippen LogP contribution >= 0.6 is 0 Å². The minimum absolute atomic E-state index is 0.261. The highest BCUT2D eigenvalue weighted by atomic mass is 16.1. The predicted molar refractivity (Wildman–Crippen MR) is 82.1 cm³/mol. The second-order valence-corrected chi connectivity index (χ2v) is 4.42. The third-order valence-corrected chi connectivity index (χ3v) is 2.83. The average Bonchev–Trinajstić information content (AvgIpc) is 2.50. The van der Waals surface area contributed by atoms with Crippen molar-refractivity contribution in [3.05, 3.63) is 53.7 Å². The number of carbonyl (C=O) groups is 1. The molecule has 0 aliphatic heterocycles. The van der Waals surface area contributed by atoms with Crippen LogP contribution in [0, 0.1) is 11.3 Å². The predicted octanol–water partition coefficient (Wildman–Crippen LogP) is 2.83. The Morgan fingerprint density at radius 2 is 2.00 bits per heavy atom. The molecule has 5 heteroatoms. The summed E-state index contributed by atoms with van der Waals surface area (Å²) in [5.74, 6) is 0.414. The minimum atomic E-state index is -0.261. The number of carbonyl (C=O) groups excluding carboxylic acids is 1. The van der Waals surface area contributed by atoms with E-state index in [-0.39, 0.29) is 5.91 Å². The number of pyridine rings is 1. The first-order valence-electron chi connectivity index (χ1n) is 6.71. The lowest BCUT2D eigenvalue weighted by atomic mass is 10.1. The van der Waals surface area contributed by atoms with Gasteiger partial charge in [-0.3, -0.25) is 4.79 Å². The van der Waals surface area contributed by atoms with E-state index in [1.54, 1.807) is 24.3 Å². The van der Waals surface area contributed by atoms with Gasteiger partial charge < -0.3 is 10.6 Å². The first-order valence-corrected chi connectivity index (χ1v) is 6.71. The molecule has 0 aliphatic rings. The summed E-state index contributed by atoms with van der Waals surface area (Å²) in [6.45, 7) is 2.72. The average molecular weight is 280 g/mol. The number of hydrogen-bond acceptors (Lipinski definition) is 4. The fourth-order valence-corrected chi connectivity index (χ4v) is 1.83. The number of nitrogens with zero attached hydrogens (tertiary/aromatic N) is 2. The third-order valence-electron chi connectivity index (χ3n) is 2.83. The van der Waals surface area contributed by atoms with Gasteiger partial charge in [0.05, 0.1) is 12.5 Å². The molecule has 2 aromatic rings. The summed E-state index contributed by atoms with van der Waals surface area (Å²) in [6, 6.07) is 14.5. The van der Waals surface area contributed by atoms with Gasteiger partial charge in [-0.25, -0.2) is 4.98 Å². The zero-order chi connectivity index (χ0) is 15.1. The van der Waals surface area contributed by atoms with Crippen molar-refractivity contribution in [3.8, 4) is 6.07 Å². The van der Waals surface area contributed by atoms with Crippen molar-refractivity contribution in [2.24, 2.45) is 0 Å². The van der Waals surface area contributed by atoms with Crippen LogP contribution in [0.5, 0.6) is 0 Å². The van der Waals surface area contributed by atoms with E-state index in [1.807, 2.05) is 25.1 Å². The number of rotatable bonds is 5. The van der Waals surface area contributed by atoms with Crippen LogP contribution in [0.25, 0.3) is 0 Å². The molecule has 0 saturated heterocycles. The van der Waals surface area contributed by atoms with Crippen LogP contribution < -0.4 is 10.6 Å². The van der Waals surface area contributed by atoms with E-state index in [4.69, 9.17) is 5.26 Å². The molecule has 0 radical (unpaired) electrons. The van der Waals surface area contributed by atoms with Crippen molar-refractivity contribution >= 4 is 17.4 Å². The number of hydrogen-bond donors (Lipinski definition) is 2. The molecule has 0 atom stereocenters. The number of nitriles is 1. The lowest BCUT2D eigenvalue weighted by Crippen LogP contribution is -2.14. The SMILES string of the molecule is CCNc1cccc(C(=O)Nc2ccc(CC#N)cc2)n1. The summed E-state index contributed by atoms with van der Waals surface area (Å²) in [5.41, 5.74) is 1.95. The molecular weight excluding hydrogens is 264 g/mol. The van der Waals surface area contributed by atoms with Gasteiger partial charge >= 0.3 is 0 Å². The molecule has 0 spiro atoms. The van der Waals surface area contributed by atoms with E-state index in [0.717, 1.165) is 12.1 Å². The van der Waals surface area contributed by atoms with E-state index >= 15 is 0 Å². The van der Waals surface area contributed by atoms with Gasteiger partial charge in [0.25, 0.3) is 5.91 Å². The monoisotopic (exact) mass is 280 g/mol. The number of aromatic nitrogens is 1. The van der Waals surface area contributed by atoms with Crippen LogP contribution in [0.1, 0.15) is 23.0 Å². The van der Waals surface area contributed by atoms with Crippen molar-refractivity contribution in [3.63, 3.8) is 0 Å². The zero-order valence-corrected chi connectivity index (χ0v) is 11.8. The van der Waals surface area contributed by atoms with Crippen molar-refractivity contribution in [1.82, 2.24) is 4.98 Å². The highest BCUT2D eigenvalue weighted by Crippen LogP contribution is 2.12. The molecule has 0 aliphatic carbocycles. The highest BCUT2D eigenvalue weighted by Gasteiger charge is 2.08. The van der Waals surface area contributed by atoms with Gasteiger partial charge in [-0.2, -0.15) is 5.26 Å². The van der Waals surface area contributed by atoms with Gasteiger partial charge in [0.2, 0.25) is 0 Å². The lowest BCUT2D eigenvalue weighted by Gasteiger charge is -2.07. The van der Waals surface area contributed by atoms with Crippen LogP contribution in [-0.2, 0) is 6.42 Å². The van der Waals surface area contributed by atoms with Gasteiger partial charge in [-0.15, -0.1) is 0 Å². The van der Waals surface area contributed by atoms with E-state index < -0.39 is 0 Å². The summed E-state index contributed by atoms with van der Waals surface area (Å²) in [7, 11) is 0. The Bertz CT molecular complexity index is 659. The Kier molecular flexibility index (Phi) is 4.89. The molecule has 5 nitrogen and oxygen atoms in total. The van der Waals surface area contributed by atoms with Crippen molar-refractivity contribution in [2.45, 2.75) is 13.3 Å². The molecule has 2 rings (SSSR count). The second-order valence-electron chi connectivity index (χ2n) is 4.42. The summed E-state index contributed by atoms with van der Waals surface area (Å²) in [4.78, 5) is 16.4. The van der Waals surface area contributed by atoms with Crippen LogP contribution in [0.4, 0.5) is 11.5 Å². The Hall–Kier alpha value is -2.87. The maximum absolute atomic E-state index is 12.1. The molecule has 1 heterocycles. The molecule has 1 aromatic heterocycles. The summed E-state index contributed by atoms with van der Waals surface area (Å²) >= 11 is 0. The van der Waals surface area contributed by atoms with Gasteiger partial charge in [0, 0.05) is 12.2 Å². The largest absolute Gasteiger partial charge is 0.370 e. The molecule has 1 aromatic carbocycles. The number of amides is 1. The Labute approximate surface area is 123 Å². The smallest absolute Gasteiger partial charge is 0.274 e. The normalized spacial score (nSPS) is 9.71. The number of nitrogens with one attached hydrogen (secondary N) is 2. The molecule has 0 bridgehead atoms. The maximum atomic E-state index is 12.1. The molecular formula is C16H16N4O. The van der Waals surface area contributed by atoms with Gasteiger partial charge in [-0.1, -0.05) is 18.2 Å². The van der Waals surface area contributed by atoms with Crippen molar-refractivity contribution in [2.75, 3.05) is 17.2 Å². The number of anilines is 2. The fraction of sp³-hybridized carbons (Fsp3) is 0.188. The molecule has 106 valence electrons. The van der Waals surface area contributed by atoms with E-state index in [0.29, 0.717) is 23.6 Å². The first kappa shape index (κ1) is 14.5. The molecule has 2 N–H and O–H groups in total. The minimum Gasteiger partial charge on any atom is -0.370 e. The summed E-state index contributed by atoms with van der Waals surface area (Å²) in [6.07, 6.45) is 0.362. The quantitative estimate of drug-likeness (QED) is 0.882. The molecule has 0 saturated carbocycles. The van der Waals surface area contributed by atoms with Gasteiger partial charge in [0.15, 0.2) is 0 Å². The van der Waals surface area contributed by atoms with Crippen LogP contribution in [-0.4, -0.2) is 17.4 Å². The van der Waals surface area contributed by atoms with Crippen molar-refractivity contribution in [1.29, 1.82) is 5.26 Å². The molecule has 0 fully saturated rings. The van der Waals surface area contributed by atoms with Crippen molar-refractivity contribution < 1.29 is 4.79 Å². The molecule has 1 amide bonds. The van der Waals surface area contributed by atoms with Crippen LogP contribution in [0.2, 0.25) is 0 Å². The molecule has 21 heavy (non-hydrogen) atoms. The second kappa shape index (κ2) is 7.06. The van der Waals surface area contributed by atoms with E-state index in [1.165, 1.54) is 0 Å². The molecule has 0 unspecified atom stereocenters. The fourth-order valence-electron chi connectivity index (χ4n) is 1.83. The first-order chi connectivity index (χ1) is 10.2.